The van der Waals surface area contributed by atoms with Crippen molar-refractivity contribution in [3.8, 4) is 0 Å². The van der Waals surface area contributed by atoms with Gasteiger partial charge < -0.3 is 10.1 Å². The van der Waals surface area contributed by atoms with Gasteiger partial charge in [-0.05, 0) is 51.4 Å². The van der Waals surface area contributed by atoms with Crippen LogP contribution in [0.5, 0.6) is 0 Å². The summed E-state index contributed by atoms with van der Waals surface area (Å²) in [5.41, 5.74) is 0.170. The molecule has 0 amide bonds. The van der Waals surface area contributed by atoms with Crippen LogP contribution in [0.2, 0.25) is 0 Å². The van der Waals surface area contributed by atoms with Crippen molar-refractivity contribution in [3.63, 3.8) is 0 Å². The largest absolute Gasteiger partial charge is 0.374 e. The number of rotatable bonds is 5. The van der Waals surface area contributed by atoms with Crippen LogP contribution in [0.15, 0.2) is 0 Å². The fourth-order valence-corrected chi connectivity index (χ4v) is 2.58. The number of ether oxygens (including phenoxy) is 1. The van der Waals surface area contributed by atoms with E-state index in [4.69, 9.17) is 4.74 Å². The van der Waals surface area contributed by atoms with Gasteiger partial charge in [0.15, 0.2) is 0 Å². The molecule has 0 aliphatic heterocycles. The highest BCUT2D eigenvalue weighted by Crippen LogP contribution is 2.35. The highest BCUT2D eigenvalue weighted by Gasteiger charge is 2.36. The van der Waals surface area contributed by atoms with Gasteiger partial charge in [0.1, 0.15) is 0 Å². The van der Waals surface area contributed by atoms with Crippen LogP contribution >= 0.6 is 0 Å². The molecule has 0 radical (unpaired) electrons. The Bertz CT molecular complexity index is 193. The van der Waals surface area contributed by atoms with Gasteiger partial charge in [0, 0.05) is 19.2 Å². The molecule has 0 aromatic heterocycles. The molecule has 0 aromatic carbocycles. The summed E-state index contributed by atoms with van der Waals surface area (Å²) >= 11 is 0. The van der Waals surface area contributed by atoms with Crippen molar-refractivity contribution in [2.24, 2.45) is 5.92 Å². The van der Waals surface area contributed by atoms with Gasteiger partial charge in [0.05, 0.1) is 5.60 Å². The van der Waals surface area contributed by atoms with E-state index >= 15 is 0 Å². The number of nitrogens with one attached hydrogen (secondary N) is 1. The fourth-order valence-electron chi connectivity index (χ4n) is 2.58. The normalized spacial score (nSPS) is 36.8. The summed E-state index contributed by atoms with van der Waals surface area (Å²) < 4.78 is 6.03. The number of hydrogen-bond donors (Lipinski definition) is 1. The fraction of sp³-hybridized carbons (Fsp3) is 1.00. The molecule has 2 nitrogen and oxygen atoms in total. The minimum atomic E-state index is 0.170. The molecule has 0 unspecified atom stereocenters. The molecular weight excluding hydrogens is 186 g/mol. The maximum Gasteiger partial charge on any atom is 0.0806 e. The second-order valence-corrected chi connectivity index (χ2v) is 5.45. The zero-order valence-electron chi connectivity index (χ0n) is 10.2. The van der Waals surface area contributed by atoms with E-state index in [9.17, 15) is 0 Å². The second-order valence-electron chi connectivity index (χ2n) is 5.45. The zero-order chi connectivity index (χ0) is 10.7. The standard InChI is InChI=1S/C13H25NO/c1-3-15-13(10-14-12-4-5-12)8-6-11(2)7-9-13/h11-12,14H,3-10H2,1-2H3. The van der Waals surface area contributed by atoms with Crippen LogP contribution in [0.1, 0.15) is 52.4 Å². The molecule has 0 bridgehead atoms. The molecular formula is C13H25NO. The molecule has 88 valence electrons. The quantitative estimate of drug-likeness (QED) is 0.755. The lowest BCUT2D eigenvalue weighted by atomic mass is 9.79. The molecule has 0 saturated heterocycles. The van der Waals surface area contributed by atoms with Gasteiger partial charge in [-0.3, -0.25) is 0 Å². The van der Waals surface area contributed by atoms with Crippen molar-refractivity contribution in [2.75, 3.05) is 13.2 Å². The lowest BCUT2D eigenvalue weighted by Crippen LogP contribution is -2.46. The van der Waals surface area contributed by atoms with Crippen molar-refractivity contribution in [1.82, 2.24) is 5.32 Å². The van der Waals surface area contributed by atoms with Crippen LogP contribution in [0.4, 0.5) is 0 Å². The second kappa shape index (κ2) is 4.84. The molecule has 1 N–H and O–H groups in total. The zero-order valence-corrected chi connectivity index (χ0v) is 10.2. The summed E-state index contributed by atoms with van der Waals surface area (Å²) in [6, 6.07) is 0.807. The van der Waals surface area contributed by atoms with Gasteiger partial charge in [0.2, 0.25) is 0 Å². The lowest BCUT2D eigenvalue weighted by molar-refractivity contribution is -0.0700. The van der Waals surface area contributed by atoms with Crippen molar-refractivity contribution in [1.29, 1.82) is 0 Å². The first-order chi connectivity index (χ1) is 7.24. The monoisotopic (exact) mass is 211 g/mol. The maximum absolute atomic E-state index is 6.03. The van der Waals surface area contributed by atoms with E-state index in [1.54, 1.807) is 0 Å². The molecule has 2 saturated carbocycles. The summed E-state index contributed by atoms with van der Waals surface area (Å²) in [5, 5.41) is 3.64. The molecule has 2 aliphatic carbocycles. The average Bonchev–Trinajstić information content (AvgIpc) is 3.04. The van der Waals surface area contributed by atoms with Crippen molar-refractivity contribution in [2.45, 2.75) is 64.0 Å². The van der Waals surface area contributed by atoms with E-state index in [0.29, 0.717) is 0 Å². The van der Waals surface area contributed by atoms with Crippen molar-refractivity contribution < 1.29 is 4.74 Å². The van der Waals surface area contributed by atoms with Crippen molar-refractivity contribution >= 4 is 0 Å². The summed E-state index contributed by atoms with van der Waals surface area (Å²) in [4.78, 5) is 0. The number of hydrogen-bond acceptors (Lipinski definition) is 2. The van der Waals surface area contributed by atoms with Crippen LogP contribution in [-0.2, 0) is 4.74 Å². The molecule has 0 atom stereocenters. The Balaban J connectivity index is 1.83. The smallest absolute Gasteiger partial charge is 0.0806 e. The third-order valence-electron chi connectivity index (χ3n) is 3.93. The molecule has 15 heavy (non-hydrogen) atoms. The maximum atomic E-state index is 6.03. The Labute approximate surface area is 93.8 Å². The van der Waals surface area contributed by atoms with Gasteiger partial charge in [0.25, 0.3) is 0 Å². The first kappa shape index (κ1) is 11.4. The molecule has 2 fully saturated rings. The van der Waals surface area contributed by atoms with Gasteiger partial charge in [-0.2, -0.15) is 0 Å². The van der Waals surface area contributed by atoms with E-state index in [0.717, 1.165) is 25.1 Å². The van der Waals surface area contributed by atoms with Crippen molar-refractivity contribution in [3.05, 3.63) is 0 Å². The van der Waals surface area contributed by atoms with Gasteiger partial charge >= 0.3 is 0 Å². The minimum absolute atomic E-state index is 0.170. The average molecular weight is 211 g/mol. The van der Waals surface area contributed by atoms with Gasteiger partial charge in [-0.1, -0.05) is 6.92 Å². The Morgan fingerprint density at radius 1 is 1.20 bits per heavy atom. The summed E-state index contributed by atoms with van der Waals surface area (Å²) in [5.74, 6) is 0.902. The van der Waals surface area contributed by atoms with E-state index in [2.05, 4.69) is 19.2 Å². The highest BCUT2D eigenvalue weighted by molar-refractivity contribution is 4.92. The molecule has 0 aromatic rings. The van der Waals surface area contributed by atoms with Gasteiger partial charge in [-0.15, -0.1) is 0 Å². The third kappa shape index (κ3) is 3.18. The first-order valence-electron chi connectivity index (χ1n) is 6.61. The van der Waals surface area contributed by atoms with E-state index in [-0.39, 0.29) is 5.60 Å². The Kier molecular flexibility index (Phi) is 3.68. The summed E-state index contributed by atoms with van der Waals surface area (Å²) in [6.45, 7) is 6.43. The Hall–Kier alpha value is -0.0800. The van der Waals surface area contributed by atoms with Crippen LogP contribution in [-0.4, -0.2) is 24.8 Å². The van der Waals surface area contributed by atoms with E-state index < -0.39 is 0 Å². The van der Waals surface area contributed by atoms with Gasteiger partial charge in [-0.25, -0.2) is 0 Å². The lowest BCUT2D eigenvalue weighted by Gasteiger charge is -2.39. The Morgan fingerprint density at radius 2 is 1.87 bits per heavy atom. The van der Waals surface area contributed by atoms with Crippen LogP contribution in [0.3, 0.4) is 0 Å². The topological polar surface area (TPSA) is 21.3 Å². The van der Waals surface area contributed by atoms with E-state index in [1.165, 1.54) is 38.5 Å². The molecule has 2 aliphatic rings. The van der Waals surface area contributed by atoms with Crippen LogP contribution in [0.25, 0.3) is 0 Å². The first-order valence-corrected chi connectivity index (χ1v) is 6.61. The molecule has 0 heterocycles. The third-order valence-corrected chi connectivity index (χ3v) is 3.93. The molecule has 2 rings (SSSR count). The molecule has 0 spiro atoms. The summed E-state index contributed by atoms with van der Waals surface area (Å²) in [7, 11) is 0. The molecule has 2 heteroatoms. The van der Waals surface area contributed by atoms with Crippen LogP contribution in [0, 0.1) is 5.92 Å². The summed E-state index contributed by atoms with van der Waals surface area (Å²) in [6.07, 6.45) is 7.93. The van der Waals surface area contributed by atoms with Crippen LogP contribution < -0.4 is 5.32 Å². The van der Waals surface area contributed by atoms with E-state index in [1.807, 2.05) is 0 Å². The SMILES string of the molecule is CCOC1(CNC2CC2)CCC(C)CC1. The predicted molar refractivity (Wildman–Crippen MR) is 63.0 cm³/mol. The Morgan fingerprint density at radius 3 is 2.40 bits per heavy atom. The highest BCUT2D eigenvalue weighted by atomic mass is 16.5. The minimum Gasteiger partial charge on any atom is -0.374 e. The predicted octanol–water partition coefficient (Wildman–Crippen LogP) is 2.72.